The highest BCUT2D eigenvalue weighted by atomic mass is 32.1. The second-order valence-electron chi connectivity index (χ2n) is 6.46. The van der Waals surface area contributed by atoms with E-state index in [0.29, 0.717) is 12.3 Å². The van der Waals surface area contributed by atoms with Gasteiger partial charge in [0.15, 0.2) is 0 Å². The van der Waals surface area contributed by atoms with Gasteiger partial charge in [-0.15, -0.1) is 11.3 Å². The number of amides is 1. The van der Waals surface area contributed by atoms with Gasteiger partial charge in [0.25, 0.3) is 0 Å². The molecule has 124 valence electrons. The largest absolute Gasteiger partial charge is 0.342 e. The summed E-state index contributed by atoms with van der Waals surface area (Å²) in [6.45, 7) is 7.69. The quantitative estimate of drug-likeness (QED) is 0.868. The van der Waals surface area contributed by atoms with Gasteiger partial charge >= 0.3 is 0 Å². The zero-order chi connectivity index (χ0) is 16.6. The summed E-state index contributed by atoms with van der Waals surface area (Å²) in [6.07, 6.45) is 2.64. The van der Waals surface area contributed by atoms with Crippen molar-refractivity contribution in [2.75, 3.05) is 13.1 Å². The molecular formula is C17H24N4OS. The maximum atomic E-state index is 12.7. The summed E-state index contributed by atoms with van der Waals surface area (Å²) < 4.78 is 1.86. The van der Waals surface area contributed by atoms with E-state index < -0.39 is 0 Å². The molecule has 0 saturated carbocycles. The highest BCUT2D eigenvalue weighted by Gasteiger charge is 2.27. The van der Waals surface area contributed by atoms with Crippen LogP contribution in [0.3, 0.4) is 0 Å². The summed E-state index contributed by atoms with van der Waals surface area (Å²) in [6, 6.07) is 0. The molecule has 0 aliphatic carbocycles. The first-order valence-corrected chi connectivity index (χ1v) is 9.02. The molecule has 2 aromatic heterocycles. The van der Waals surface area contributed by atoms with E-state index in [4.69, 9.17) is 0 Å². The minimum Gasteiger partial charge on any atom is -0.342 e. The van der Waals surface area contributed by atoms with Crippen molar-refractivity contribution in [1.29, 1.82) is 0 Å². The minimum atomic E-state index is 0.210. The molecule has 0 radical (unpaired) electrons. The van der Waals surface area contributed by atoms with Gasteiger partial charge in [-0.25, -0.2) is 4.98 Å². The van der Waals surface area contributed by atoms with E-state index >= 15 is 0 Å². The zero-order valence-electron chi connectivity index (χ0n) is 14.3. The Kier molecular flexibility index (Phi) is 4.53. The number of thiazole rings is 1. The van der Waals surface area contributed by atoms with Gasteiger partial charge in [0.2, 0.25) is 5.91 Å². The molecule has 1 saturated heterocycles. The molecule has 1 amide bonds. The SMILES string of the molecule is Cc1csc([C@H]2CCCN(C(=O)Cc3c(C)nn(C)c3C)C2)n1. The fourth-order valence-electron chi connectivity index (χ4n) is 3.30. The van der Waals surface area contributed by atoms with Crippen molar-refractivity contribution in [3.05, 3.63) is 33.0 Å². The van der Waals surface area contributed by atoms with Crippen LogP contribution < -0.4 is 0 Å². The van der Waals surface area contributed by atoms with E-state index in [2.05, 4.69) is 15.5 Å². The Labute approximate surface area is 141 Å². The molecule has 23 heavy (non-hydrogen) atoms. The van der Waals surface area contributed by atoms with E-state index in [0.717, 1.165) is 48.6 Å². The van der Waals surface area contributed by atoms with Crippen LogP contribution in [0.5, 0.6) is 0 Å². The lowest BCUT2D eigenvalue weighted by atomic mass is 9.98. The number of aryl methyl sites for hydroxylation is 3. The fourth-order valence-corrected chi connectivity index (χ4v) is 4.23. The molecule has 5 nitrogen and oxygen atoms in total. The van der Waals surface area contributed by atoms with E-state index in [1.54, 1.807) is 11.3 Å². The number of likely N-dealkylation sites (tertiary alicyclic amines) is 1. The van der Waals surface area contributed by atoms with Gasteiger partial charge in [-0.05, 0) is 33.6 Å². The van der Waals surface area contributed by atoms with Gasteiger partial charge in [-0.2, -0.15) is 5.10 Å². The number of piperidine rings is 1. The first-order valence-electron chi connectivity index (χ1n) is 8.14. The second-order valence-corrected chi connectivity index (χ2v) is 7.35. The molecule has 3 rings (SSSR count). The van der Waals surface area contributed by atoms with Crippen LogP contribution in [0.25, 0.3) is 0 Å². The van der Waals surface area contributed by atoms with Gasteiger partial charge in [-0.1, -0.05) is 0 Å². The number of aromatic nitrogens is 3. The fraction of sp³-hybridized carbons (Fsp3) is 0.588. The average Bonchev–Trinajstić information content (AvgIpc) is 3.06. The third-order valence-electron chi connectivity index (χ3n) is 4.75. The maximum absolute atomic E-state index is 12.7. The molecule has 0 spiro atoms. The number of carbonyl (C=O) groups excluding carboxylic acids is 1. The van der Waals surface area contributed by atoms with Crippen LogP contribution >= 0.6 is 11.3 Å². The third-order valence-corrected chi connectivity index (χ3v) is 5.87. The van der Waals surface area contributed by atoms with Crippen molar-refractivity contribution in [3.8, 4) is 0 Å². The van der Waals surface area contributed by atoms with Crippen molar-refractivity contribution in [1.82, 2.24) is 19.7 Å². The summed E-state index contributed by atoms with van der Waals surface area (Å²) in [4.78, 5) is 19.4. The van der Waals surface area contributed by atoms with Crippen LogP contribution in [-0.4, -0.2) is 38.7 Å². The number of hydrogen-bond acceptors (Lipinski definition) is 4. The smallest absolute Gasteiger partial charge is 0.227 e. The van der Waals surface area contributed by atoms with Crippen LogP contribution in [0, 0.1) is 20.8 Å². The molecule has 0 bridgehead atoms. The Morgan fingerprint density at radius 3 is 2.78 bits per heavy atom. The van der Waals surface area contributed by atoms with Crippen LogP contribution in [0.2, 0.25) is 0 Å². The van der Waals surface area contributed by atoms with E-state index in [1.807, 2.05) is 37.4 Å². The minimum absolute atomic E-state index is 0.210. The maximum Gasteiger partial charge on any atom is 0.227 e. The standard InChI is InChI=1S/C17H24N4OS/c1-11-10-23-17(18-11)14-6-5-7-21(9-14)16(22)8-15-12(2)19-20(4)13(15)3/h10,14H,5-9H2,1-4H3/t14-/m0/s1. The van der Waals surface area contributed by atoms with Crippen molar-refractivity contribution in [2.24, 2.45) is 7.05 Å². The van der Waals surface area contributed by atoms with Gasteiger partial charge in [-0.3, -0.25) is 9.48 Å². The van der Waals surface area contributed by atoms with E-state index in [-0.39, 0.29) is 5.91 Å². The number of rotatable bonds is 3. The second kappa shape index (κ2) is 6.43. The molecule has 1 atom stereocenters. The summed E-state index contributed by atoms with van der Waals surface area (Å²) in [7, 11) is 1.93. The van der Waals surface area contributed by atoms with Crippen molar-refractivity contribution < 1.29 is 4.79 Å². The molecule has 1 aliphatic rings. The molecule has 0 aromatic carbocycles. The number of hydrogen-bond donors (Lipinski definition) is 0. The van der Waals surface area contributed by atoms with Crippen molar-refractivity contribution in [2.45, 2.75) is 46.0 Å². The topological polar surface area (TPSA) is 51.0 Å². The molecular weight excluding hydrogens is 308 g/mol. The Hall–Kier alpha value is -1.69. The lowest BCUT2D eigenvalue weighted by molar-refractivity contribution is -0.131. The Bertz CT molecular complexity index is 718. The Balaban J connectivity index is 1.70. The lowest BCUT2D eigenvalue weighted by Crippen LogP contribution is -2.40. The first kappa shape index (κ1) is 16.2. The molecule has 3 heterocycles. The van der Waals surface area contributed by atoms with Crippen molar-refractivity contribution >= 4 is 17.2 Å². The highest BCUT2D eigenvalue weighted by Crippen LogP contribution is 2.29. The van der Waals surface area contributed by atoms with E-state index in [9.17, 15) is 4.79 Å². The molecule has 6 heteroatoms. The van der Waals surface area contributed by atoms with Crippen LogP contribution in [0.4, 0.5) is 0 Å². The summed E-state index contributed by atoms with van der Waals surface area (Å²) >= 11 is 1.72. The van der Waals surface area contributed by atoms with Gasteiger partial charge < -0.3 is 4.90 Å². The monoisotopic (exact) mass is 332 g/mol. The summed E-state index contributed by atoms with van der Waals surface area (Å²) in [5.41, 5.74) is 4.20. The first-order chi connectivity index (χ1) is 11.0. The molecule has 0 unspecified atom stereocenters. The molecule has 0 N–H and O–H groups in total. The number of carbonyl (C=O) groups is 1. The molecule has 1 fully saturated rings. The molecule has 2 aromatic rings. The summed E-state index contributed by atoms with van der Waals surface area (Å²) in [5.74, 6) is 0.602. The van der Waals surface area contributed by atoms with Gasteiger partial charge in [0.1, 0.15) is 0 Å². The normalized spacial score (nSPS) is 18.4. The van der Waals surface area contributed by atoms with E-state index in [1.165, 1.54) is 5.01 Å². The number of nitrogens with zero attached hydrogens (tertiary/aromatic N) is 4. The Morgan fingerprint density at radius 2 is 2.17 bits per heavy atom. The Morgan fingerprint density at radius 1 is 1.39 bits per heavy atom. The summed E-state index contributed by atoms with van der Waals surface area (Å²) in [5, 5.41) is 7.68. The van der Waals surface area contributed by atoms with Crippen LogP contribution in [-0.2, 0) is 18.3 Å². The third kappa shape index (κ3) is 3.32. The highest BCUT2D eigenvalue weighted by molar-refractivity contribution is 7.09. The van der Waals surface area contributed by atoms with Crippen molar-refractivity contribution in [3.63, 3.8) is 0 Å². The van der Waals surface area contributed by atoms with Gasteiger partial charge in [0.05, 0.1) is 17.1 Å². The lowest BCUT2D eigenvalue weighted by Gasteiger charge is -2.32. The van der Waals surface area contributed by atoms with Gasteiger partial charge in [0, 0.05) is 48.4 Å². The zero-order valence-corrected chi connectivity index (χ0v) is 15.1. The average molecular weight is 332 g/mol. The van der Waals surface area contributed by atoms with Crippen LogP contribution in [0.1, 0.15) is 46.4 Å². The van der Waals surface area contributed by atoms with Crippen LogP contribution in [0.15, 0.2) is 5.38 Å². The molecule has 1 aliphatic heterocycles. The predicted molar refractivity (Wildman–Crippen MR) is 91.8 cm³/mol. The predicted octanol–water partition coefficient (Wildman–Crippen LogP) is 2.75.